The Balaban J connectivity index is 1.53. The molecule has 0 bridgehead atoms. The van der Waals surface area contributed by atoms with Crippen LogP contribution in [-0.2, 0) is 11.3 Å². The van der Waals surface area contributed by atoms with E-state index in [-0.39, 0.29) is 12.3 Å². The summed E-state index contributed by atoms with van der Waals surface area (Å²) in [4.78, 5) is 16.7. The van der Waals surface area contributed by atoms with E-state index in [0.717, 1.165) is 5.56 Å². The number of imidazole rings is 1. The normalized spacial score (nSPS) is 11.0. The van der Waals surface area contributed by atoms with Gasteiger partial charge in [-0.3, -0.25) is 0 Å². The highest BCUT2D eigenvalue weighted by Crippen LogP contribution is 2.23. The van der Waals surface area contributed by atoms with Gasteiger partial charge in [0.15, 0.2) is 11.3 Å². The van der Waals surface area contributed by atoms with Gasteiger partial charge >= 0.3 is 5.97 Å². The molecule has 1 aromatic carbocycles. The van der Waals surface area contributed by atoms with Gasteiger partial charge in [-0.2, -0.15) is 10.3 Å². The molecule has 0 amide bonds. The fourth-order valence-electron chi connectivity index (χ4n) is 2.52. The highest BCUT2D eigenvalue weighted by molar-refractivity contribution is 6.36. The lowest BCUT2D eigenvalue weighted by molar-refractivity contribution is 0.0462. The highest BCUT2D eigenvalue weighted by atomic mass is 35.5. The fraction of sp³-hybridized carbons (Fsp3) is 0.0588. The van der Waals surface area contributed by atoms with Gasteiger partial charge < -0.3 is 9.14 Å². The fourth-order valence-corrected chi connectivity index (χ4v) is 3.05. The van der Waals surface area contributed by atoms with E-state index in [1.807, 2.05) is 30.3 Å². The average Bonchev–Trinajstić information content (AvgIpc) is 3.27. The van der Waals surface area contributed by atoms with Crippen molar-refractivity contribution in [3.63, 3.8) is 0 Å². The van der Waals surface area contributed by atoms with E-state index in [9.17, 15) is 4.79 Å². The maximum Gasteiger partial charge on any atom is 0.361 e. The number of aromatic amines is 1. The van der Waals surface area contributed by atoms with Crippen LogP contribution >= 0.6 is 23.2 Å². The first-order valence-corrected chi connectivity index (χ1v) is 8.33. The standard InChI is InChI=1S/C17H11Cl2N5O2/c18-11-6-13(19)16-20-12(8-24(16)7-11)9-26-17(25)15-14(21-23-22-15)10-4-2-1-3-5-10/h1-8H,9H2,(H,21,22,23). The molecule has 0 fully saturated rings. The van der Waals surface area contributed by atoms with Gasteiger partial charge in [0.1, 0.15) is 12.3 Å². The number of hydrogen-bond donors (Lipinski definition) is 1. The summed E-state index contributed by atoms with van der Waals surface area (Å²) in [6, 6.07) is 10.9. The van der Waals surface area contributed by atoms with Crippen molar-refractivity contribution in [2.45, 2.75) is 6.61 Å². The molecule has 1 N–H and O–H groups in total. The van der Waals surface area contributed by atoms with Crippen molar-refractivity contribution in [2.75, 3.05) is 0 Å². The zero-order chi connectivity index (χ0) is 18.1. The number of halogens is 2. The second kappa shape index (κ2) is 6.78. The number of rotatable bonds is 4. The summed E-state index contributed by atoms with van der Waals surface area (Å²) in [5, 5.41) is 11.3. The number of carbonyl (C=O) groups excluding carboxylic acids is 1. The number of nitrogens with zero attached hydrogens (tertiary/aromatic N) is 4. The summed E-state index contributed by atoms with van der Waals surface area (Å²) >= 11 is 12.1. The number of pyridine rings is 1. The molecule has 0 aliphatic heterocycles. The maximum absolute atomic E-state index is 12.4. The third-order valence-electron chi connectivity index (χ3n) is 3.66. The quantitative estimate of drug-likeness (QED) is 0.538. The smallest absolute Gasteiger partial charge is 0.361 e. The van der Waals surface area contributed by atoms with Crippen molar-refractivity contribution >= 4 is 34.8 Å². The van der Waals surface area contributed by atoms with Crippen molar-refractivity contribution in [3.8, 4) is 11.3 Å². The molecular weight excluding hydrogens is 377 g/mol. The van der Waals surface area contributed by atoms with E-state index in [0.29, 0.717) is 27.1 Å². The van der Waals surface area contributed by atoms with Gasteiger partial charge in [-0.15, -0.1) is 5.10 Å². The van der Waals surface area contributed by atoms with E-state index in [2.05, 4.69) is 20.4 Å². The largest absolute Gasteiger partial charge is 0.454 e. The first-order valence-electron chi connectivity index (χ1n) is 7.58. The zero-order valence-electron chi connectivity index (χ0n) is 13.2. The van der Waals surface area contributed by atoms with E-state index in [1.165, 1.54) is 0 Å². The second-order valence-corrected chi connectivity index (χ2v) is 6.28. The molecule has 0 spiro atoms. The van der Waals surface area contributed by atoms with Gasteiger partial charge in [0.2, 0.25) is 0 Å². The van der Waals surface area contributed by atoms with Crippen LogP contribution in [0.15, 0.2) is 48.8 Å². The molecule has 0 aliphatic carbocycles. The molecule has 0 radical (unpaired) electrons. The zero-order valence-corrected chi connectivity index (χ0v) is 14.7. The highest BCUT2D eigenvalue weighted by Gasteiger charge is 2.20. The monoisotopic (exact) mass is 387 g/mol. The van der Waals surface area contributed by atoms with Gasteiger partial charge in [-0.05, 0) is 6.07 Å². The predicted molar refractivity (Wildman–Crippen MR) is 96.2 cm³/mol. The second-order valence-electron chi connectivity index (χ2n) is 5.43. The van der Waals surface area contributed by atoms with Crippen molar-refractivity contribution in [1.29, 1.82) is 0 Å². The first-order chi connectivity index (χ1) is 12.6. The molecule has 3 heterocycles. The first kappa shape index (κ1) is 16.6. The molecule has 4 aromatic rings. The molecule has 4 rings (SSSR count). The van der Waals surface area contributed by atoms with Crippen LogP contribution in [0.4, 0.5) is 0 Å². The lowest BCUT2D eigenvalue weighted by Crippen LogP contribution is -2.07. The minimum absolute atomic E-state index is 0.0322. The van der Waals surface area contributed by atoms with Crippen LogP contribution in [0, 0.1) is 0 Å². The Bertz CT molecular complexity index is 1090. The van der Waals surface area contributed by atoms with Gasteiger partial charge in [0, 0.05) is 18.0 Å². The molecule has 0 unspecified atom stereocenters. The molecule has 0 atom stereocenters. The van der Waals surface area contributed by atoms with E-state index in [4.69, 9.17) is 27.9 Å². The Morgan fingerprint density at radius 3 is 2.77 bits per heavy atom. The molecular formula is C17H11Cl2N5O2. The van der Waals surface area contributed by atoms with Crippen molar-refractivity contribution in [1.82, 2.24) is 24.8 Å². The molecule has 7 nitrogen and oxygen atoms in total. The summed E-state index contributed by atoms with van der Waals surface area (Å²) in [6.07, 6.45) is 3.37. The third kappa shape index (κ3) is 3.14. The van der Waals surface area contributed by atoms with Crippen LogP contribution in [0.1, 0.15) is 16.2 Å². The number of esters is 1. The Morgan fingerprint density at radius 1 is 1.15 bits per heavy atom. The average molecular weight is 388 g/mol. The molecule has 130 valence electrons. The Hall–Kier alpha value is -2.90. The number of benzene rings is 1. The van der Waals surface area contributed by atoms with E-state index >= 15 is 0 Å². The minimum atomic E-state index is -0.598. The van der Waals surface area contributed by atoms with Crippen LogP contribution in [0.3, 0.4) is 0 Å². The lowest BCUT2D eigenvalue weighted by atomic mass is 10.1. The summed E-state index contributed by atoms with van der Waals surface area (Å²) in [6.45, 7) is -0.0322. The number of nitrogens with one attached hydrogen (secondary N) is 1. The lowest BCUT2D eigenvalue weighted by Gasteiger charge is -2.02. The van der Waals surface area contributed by atoms with E-state index in [1.54, 1.807) is 22.9 Å². The van der Waals surface area contributed by atoms with Gasteiger partial charge in [-0.1, -0.05) is 53.5 Å². The van der Waals surface area contributed by atoms with Crippen molar-refractivity contribution in [3.05, 3.63) is 70.2 Å². The minimum Gasteiger partial charge on any atom is -0.454 e. The van der Waals surface area contributed by atoms with E-state index < -0.39 is 5.97 Å². The summed E-state index contributed by atoms with van der Waals surface area (Å²) in [5.41, 5.74) is 2.38. The van der Waals surface area contributed by atoms with Gasteiger partial charge in [0.05, 0.1) is 15.7 Å². The Morgan fingerprint density at radius 2 is 1.96 bits per heavy atom. The van der Waals surface area contributed by atoms with Crippen LogP contribution in [0.2, 0.25) is 10.0 Å². The summed E-state index contributed by atoms with van der Waals surface area (Å²) in [7, 11) is 0. The molecule has 3 aromatic heterocycles. The van der Waals surface area contributed by atoms with Crippen LogP contribution in [0.25, 0.3) is 16.9 Å². The third-order valence-corrected chi connectivity index (χ3v) is 4.15. The Kier molecular flexibility index (Phi) is 4.32. The number of ether oxygens (including phenoxy) is 1. The molecule has 9 heteroatoms. The number of aromatic nitrogens is 5. The van der Waals surface area contributed by atoms with Crippen LogP contribution in [0.5, 0.6) is 0 Å². The number of H-pyrrole nitrogens is 1. The number of carbonyl (C=O) groups is 1. The number of hydrogen-bond acceptors (Lipinski definition) is 5. The van der Waals surface area contributed by atoms with Crippen molar-refractivity contribution < 1.29 is 9.53 Å². The van der Waals surface area contributed by atoms with Crippen molar-refractivity contribution in [2.24, 2.45) is 0 Å². The maximum atomic E-state index is 12.4. The van der Waals surface area contributed by atoms with Gasteiger partial charge in [0.25, 0.3) is 0 Å². The number of fused-ring (bicyclic) bond motifs is 1. The summed E-state index contributed by atoms with van der Waals surface area (Å²) in [5.74, 6) is -0.598. The molecule has 0 aliphatic rings. The topological polar surface area (TPSA) is 85.2 Å². The SMILES string of the molecule is O=C(OCc1cn2cc(Cl)cc(Cl)c2n1)c1n[nH]nc1-c1ccccc1. The Labute approximate surface area is 157 Å². The molecule has 0 saturated heterocycles. The van der Waals surface area contributed by atoms with Gasteiger partial charge in [-0.25, -0.2) is 9.78 Å². The van der Waals surface area contributed by atoms with Crippen LogP contribution < -0.4 is 0 Å². The summed E-state index contributed by atoms with van der Waals surface area (Å²) < 4.78 is 7.00. The molecule has 26 heavy (non-hydrogen) atoms. The molecule has 0 saturated carbocycles. The van der Waals surface area contributed by atoms with Crippen LogP contribution in [-0.4, -0.2) is 30.8 Å². The predicted octanol–water partition coefficient (Wildman–Crippen LogP) is 3.78.